The minimum Gasteiger partial charge on any atom is -0.456 e. The van der Waals surface area contributed by atoms with Gasteiger partial charge in [-0.15, -0.1) is 0 Å². The maximum atomic E-state index is 10.2. The first-order valence-corrected chi connectivity index (χ1v) is 12.3. The maximum Gasteiger partial charge on any atom is 0.147 e. The standard InChI is InChI=1S/C28H28O11/c29-11-21-25(33)27(35)23(31)19(38-21)7-3-13-1-5-17-15(9-13)16-10-14(2-6-18(16)37-17)4-8-20-24(32)28(36)26(34)22(12-30)39-20/h1-2,5-6,9-10,19-36H,11-12H2/t19-,20-,21-,22-,23-,24-,25-,26-,27-,28-/m1/s1. The molecule has 0 amide bonds. The highest BCUT2D eigenvalue weighted by Crippen LogP contribution is 2.30. The Bertz CT molecular complexity index is 1350. The number of benzene rings is 2. The predicted molar refractivity (Wildman–Crippen MR) is 135 cm³/mol. The molecule has 11 nitrogen and oxygen atoms in total. The van der Waals surface area contributed by atoms with Crippen molar-refractivity contribution >= 4 is 21.9 Å². The zero-order chi connectivity index (χ0) is 27.8. The molecule has 0 bridgehead atoms. The Hall–Kier alpha value is -3.04. The molecule has 0 unspecified atom stereocenters. The van der Waals surface area contributed by atoms with Gasteiger partial charge in [0.2, 0.25) is 0 Å². The third-order valence-electron chi connectivity index (χ3n) is 6.97. The van der Waals surface area contributed by atoms with Crippen molar-refractivity contribution in [3.63, 3.8) is 0 Å². The van der Waals surface area contributed by atoms with E-state index in [0.29, 0.717) is 22.3 Å². The van der Waals surface area contributed by atoms with Gasteiger partial charge in [0, 0.05) is 21.9 Å². The lowest BCUT2D eigenvalue weighted by Gasteiger charge is -2.37. The van der Waals surface area contributed by atoms with Crippen LogP contribution in [0.25, 0.3) is 21.9 Å². The van der Waals surface area contributed by atoms with Crippen molar-refractivity contribution in [1.82, 2.24) is 0 Å². The van der Waals surface area contributed by atoms with Gasteiger partial charge in [0.05, 0.1) is 13.2 Å². The van der Waals surface area contributed by atoms with Crippen LogP contribution in [0.3, 0.4) is 0 Å². The summed E-state index contributed by atoms with van der Waals surface area (Å²) < 4.78 is 16.8. The van der Waals surface area contributed by atoms with Crippen molar-refractivity contribution in [1.29, 1.82) is 0 Å². The molecule has 0 saturated carbocycles. The Labute approximate surface area is 222 Å². The van der Waals surface area contributed by atoms with Crippen LogP contribution in [-0.2, 0) is 9.47 Å². The van der Waals surface area contributed by atoms with Gasteiger partial charge in [0.25, 0.3) is 0 Å². The molecule has 0 radical (unpaired) electrons. The molecule has 39 heavy (non-hydrogen) atoms. The van der Waals surface area contributed by atoms with E-state index in [1.807, 2.05) is 0 Å². The number of hydrogen-bond donors (Lipinski definition) is 8. The molecule has 0 spiro atoms. The van der Waals surface area contributed by atoms with E-state index in [9.17, 15) is 40.9 Å². The minimum absolute atomic E-state index is 0.544. The van der Waals surface area contributed by atoms with Gasteiger partial charge in [0.15, 0.2) is 0 Å². The van der Waals surface area contributed by atoms with Crippen LogP contribution in [-0.4, -0.2) is 115 Å². The summed E-state index contributed by atoms with van der Waals surface area (Å²) >= 11 is 0. The number of aliphatic hydroxyl groups excluding tert-OH is 8. The molecule has 10 atom stereocenters. The van der Waals surface area contributed by atoms with Gasteiger partial charge in [-0.25, -0.2) is 0 Å². The topological polar surface area (TPSA) is 193 Å². The minimum atomic E-state index is -1.52. The molecule has 11 heteroatoms. The van der Waals surface area contributed by atoms with E-state index in [2.05, 4.69) is 23.7 Å². The average molecular weight is 541 g/mol. The highest BCUT2D eigenvalue weighted by Gasteiger charge is 2.43. The molecule has 0 aliphatic carbocycles. The summed E-state index contributed by atoms with van der Waals surface area (Å²) in [5, 5.41) is 80.4. The van der Waals surface area contributed by atoms with Gasteiger partial charge >= 0.3 is 0 Å². The summed E-state index contributed by atoms with van der Waals surface area (Å²) in [5.74, 6) is 11.3. The van der Waals surface area contributed by atoms with Crippen LogP contribution in [0.15, 0.2) is 40.8 Å². The third kappa shape index (κ3) is 5.26. The summed E-state index contributed by atoms with van der Waals surface area (Å²) in [6.07, 6.45) is -13.2. The second-order valence-electron chi connectivity index (χ2n) is 9.56. The average Bonchev–Trinajstić information content (AvgIpc) is 3.31. The largest absolute Gasteiger partial charge is 0.456 e. The molecule has 2 aromatic carbocycles. The molecule has 2 fully saturated rings. The van der Waals surface area contributed by atoms with Crippen LogP contribution in [0.5, 0.6) is 0 Å². The predicted octanol–water partition coefficient (Wildman–Crippen LogP) is -2.03. The molecular weight excluding hydrogens is 512 g/mol. The monoisotopic (exact) mass is 540 g/mol. The van der Waals surface area contributed by atoms with Gasteiger partial charge in [-0.3, -0.25) is 0 Å². The van der Waals surface area contributed by atoms with Crippen molar-refractivity contribution < 1.29 is 54.7 Å². The second-order valence-corrected chi connectivity index (χ2v) is 9.56. The molecule has 8 N–H and O–H groups in total. The summed E-state index contributed by atoms with van der Waals surface area (Å²) in [7, 11) is 0. The Morgan fingerprint density at radius 2 is 0.974 bits per heavy atom. The normalized spacial score (nSPS) is 34.8. The van der Waals surface area contributed by atoms with E-state index in [4.69, 9.17) is 13.9 Å². The summed E-state index contributed by atoms with van der Waals surface area (Å²) in [4.78, 5) is 0. The van der Waals surface area contributed by atoms with Crippen LogP contribution in [0.2, 0.25) is 0 Å². The maximum absolute atomic E-state index is 10.2. The zero-order valence-corrected chi connectivity index (χ0v) is 20.5. The van der Waals surface area contributed by atoms with E-state index < -0.39 is 74.3 Å². The van der Waals surface area contributed by atoms with Gasteiger partial charge < -0.3 is 54.7 Å². The fraction of sp³-hybridized carbons (Fsp3) is 0.429. The molecular formula is C28H28O11. The number of aliphatic hydroxyl groups is 8. The molecule has 3 heterocycles. The first-order chi connectivity index (χ1) is 18.7. The Balaban J connectivity index is 1.42. The summed E-state index contributed by atoms with van der Waals surface area (Å²) in [5.41, 5.74) is 2.28. The van der Waals surface area contributed by atoms with Crippen molar-refractivity contribution in [3.8, 4) is 23.7 Å². The molecule has 206 valence electrons. The van der Waals surface area contributed by atoms with Crippen LogP contribution in [0.4, 0.5) is 0 Å². The number of rotatable bonds is 2. The van der Waals surface area contributed by atoms with Gasteiger partial charge in [-0.1, -0.05) is 23.7 Å². The van der Waals surface area contributed by atoms with Crippen LogP contribution < -0.4 is 0 Å². The Morgan fingerprint density at radius 1 is 0.564 bits per heavy atom. The van der Waals surface area contributed by atoms with Gasteiger partial charge in [0.1, 0.15) is 72.2 Å². The zero-order valence-electron chi connectivity index (χ0n) is 20.5. The molecule has 2 aliphatic heterocycles. The molecule has 5 rings (SSSR count). The van der Waals surface area contributed by atoms with E-state index >= 15 is 0 Å². The smallest absolute Gasteiger partial charge is 0.147 e. The van der Waals surface area contributed by atoms with Crippen LogP contribution >= 0.6 is 0 Å². The van der Waals surface area contributed by atoms with Crippen molar-refractivity contribution in [3.05, 3.63) is 47.5 Å². The molecule has 2 saturated heterocycles. The number of ether oxygens (including phenoxy) is 2. The number of fused-ring (bicyclic) bond motifs is 3. The van der Waals surface area contributed by atoms with E-state index in [0.717, 1.165) is 10.8 Å². The van der Waals surface area contributed by atoms with Gasteiger partial charge in [-0.2, -0.15) is 0 Å². The number of hydrogen-bond acceptors (Lipinski definition) is 11. The first kappa shape index (κ1) is 27.5. The van der Waals surface area contributed by atoms with Crippen molar-refractivity contribution in [2.75, 3.05) is 13.2 Å². The lowest BCUT2D eigenvalue weighted by molar-refractivity contribution is -0.214. The third-order valence-corrected chi connectivity index (χ3v) is 6.97. The highest BCUT2D eigenvalue weighted by atomic mass is 16.5. The Kier molecular flexibility index (Phi) is 7.91. The van der Waals surface area contributed by atoms with Crippen molar-refractivity contribution in [2.24, 2.45) is 0 Å². The fourth-order valence-corrected chi connectivity index (χ4v) is 4.68. The SMILES string of the molecule is OC[C@H]1O[C@H](C#Cc2ccc3oc4ccc(C#C[C@H]5O[C@H](CO)[C@@H](O)[C@H](O)[C@@H]5O)cc4c3c2)[C@@H](O)[C@@H](O)[C@@H]1O. The van der Waals surface area contributed by atoms with Crippen LogP contribution in [0.1, 0.15) is 11.1 Å². The summed E-state index contributed by atoms with van der Waals surface area (Å²) in [6, 6.07) is 10.4. The fourth-order valence-electron chi connectivity index (χ4n) is 4.68. The van der Waals surface area contributed by atoms with Crippen molar-refractivity contribution in [2.45, 2.75) is 61.0 Å². The van der Waals surface area contributed by atoms with Gasteiger partial charge in [-0.05, 0) is 36.4 Å². The van der Waals surface area contributed by atoms with E-state index in [-0.39, 0.29) is 0 Å². The lowest BCUT2D eigenvalue weighted by Crippen LogP contribution is -2.58. The van der Waals surface area contributed by atoms with E-state index in [1.165, 1.54) is 0 Å². The summed E-state index contributed by atoms with van der Waals surface area (Å²) in [6.45, 7) is -1.09. The number of furan rings is 1. The van der Waals surface area contributed by atoms with Crippen LogP contribution in [0, 0.1) is 23.7 Å². The van der Waals surface area contributed by atoms with E-state index in [1.54, 1.807) is 36.4 Å². The Morgan fingerprint density at radius 3 is 1.36 bits per heavy atom. The quantitative estimate of drug-likeness (QED) is 0.167. The molecule has 1 aromatic heterocycles. The lowest BCUT2D eigenvalue weighted by atomic mass is 9.95. The first-order valence-electron chi connectivity index (χ1n) is 12.3. The molecule has 2 aliphatic rings. The highest BCUT2D eigenvalue weighted by molar-refractivity contribution is 6.05. The molecule has 3 aromatic rings. The second kappa shape index (κ2) is 11.2.